The number of piperidine rings is 2. The first-order valence-corrected chi connectivity index (χ1v) is 13.8. The number of hydrogen-bond acceptors (Lipinski definition) is 2. The molecule has 1 N–H and O–H groups in total. The number of nitrogens with zero attached hydrogens (tertiary/aromatic N) is 1. The van der Waals surface area contributed by atoms with Gasteiger partial charge in [-0.2, -0.15) is 0 Å². The lowest BCUT2D eigenvalue weighted by atomic mass is 9.81. The Kier molecular flexibility index (Phi) is 11.5. The van der Waals surface area contributed by atoms with Crippen molar-refractivity contribution in [3.05, 3.63) is 92.9 Å². The van der Waals surface area contributed by atoms with Gasteiger partial charge < -0.3 is 10.2 Å². The molecule has 4 atom stereocenters. The Morgan fingerprint density at radius 1 is 0.829 bits per heavy atom. The summed E-state index contributed by atoms with van der Waals surface area (Å²) in [5.74, 6) is 2.44. The van der Waals surface area contributed by atoms with Gasteiger partial charge >= 0.3 is 0 Å². The highest BCUT2D eigenvalue weighted by molar-refractivity contribution is 6.42. The summed E-state index contributed by atoms with van der Waals surface area (Å²) in [7, 11) is 2.17. The van der Waals surface area contributed by atoms with Crippen LogP contribution in [0.1, 0.15) is 24.0 Å². The quantitative estimate of drug-likeness (QED) is 0.362. The summed E-state index contributed by atoms with van der Waals surface area (Å²) in [6.45, 7) is 12.3. The molecule has 0 bridgehead atoms. The highest BCUT2D eigenvalue weighted by atomic mass is 35.5. The molecule has 0 aromatic heterocycles. The molecule has 2 nitrogen and oxygen atoms in total. The molecule has 2 aliphatic rings. The standard InChI is InChI=1S/C15H19Cl2N.C14H17Cl2N/c1-3-12-10-18(2)7-6-13(12)8-11-4-5-14(16)15(17)9-11;1-2-11-9-17-6-5-12(11)7-10-3-4-13(15)14(16)8-10/h3-5,9,12-13H,1,6-8,10H2,2H3;2-4,8,11-12,17H,1,5-7,9H2/t12-,13?;11-,12?/m11/s1. The molecule has 2 aromatic carbocycles. The average Bonchev–Trinajstić information content (AvgIpc) is 2.85. The van der Waals surface area contributed by atoms with Crippen molar-refractivity contribution in [1.29, 1.82) is 0 Å². The molecule has 4 rings (SSSR count). The van der Waals surface area contributed by atoms with Crippen LogP contribution in [0.5, 0.6) is 0 Å². The second-order valence-corrected chi connectivity index (χ2v) is 11.4. The normalized spacial score (nSPS) is 24.8. The van der Waals surface area contributed by atoms with E-state index in [9.17, 15) is 0 Å². The van der Waals surface area contributed by atoms with Gasteiger partial charge in [-0.3, -0.25) is 0 Å². The van der Waals surface area contributed by atoms with E-state index in [0.717, 1.165) is 39.0 Å². The van der Waals surface area contributed by atoms with Crippen molar-refractivity contribution in [2.24, 2.45) is 23.7 Å². The molecule has 2 saturated heterocycles. The summed E-state index contributed by atoms with van der Waals surface area (Å²) in [5, 5.41) is 5.96. The van der Waals surface area contributed by atoms with Crippen molar-refractivity contribution >= 4 is 46.4 Å². The maximum Gasteiger partial charge on any atom is 0.0595 e. The molecule has 6 heteroatoms. The van der Waals surface area contributed by atoms with Crippen LogP contribution in [0.15, 0.2) is 61.7 Å². The molecule has 0 spiro atoms. The van der Waals surface area contributed by atoms with Crippen LogP contribution in [0, 0.1) is 23.7 Å². The Labute approximate surface area is 231 Å². The van der Waals surface area contributed by atoms with Gasteiger partial charge in [-0.05, 0) is 105 Å². The summed E-state index contributed by atoms with van der Waals surface area (Å²) in [6.07, 6.45) is 8.67. The van der Waals surface area contributed by atoms with E-state index in [1.54, 1.807) is 0 Å². The minimum Gasteiger partial charge on any atom is -0.316 e. The molecule has 2 aliphatic heterocycles. The monoisotopic (exact) mass is 552 g/mol. The maximum atomic E-state index is 6.06. The number of nitrogens with one attached hydrogen (secondary N) is 1. The fourth-order valence-corrected chi connectivity index (χ4v) is 5.77. The minimum atomic E-state index is 0.554. The summed E-state index contributed by atoms with van der Waals surface area (Å²) >= 11 is 24.0. The summed E-state index contributed by atoms with van der Waals surface area (Å²) in [6, 6.07) is 11.9. The lowest BCUT2D eigenvalue weighted by molar-refractivity contribution is 0.172. The fraction of sp³-hybridized carbons (Fsp3) is 0.448. The first-order chi connectivity index (χ1) is 16.8. The van der Waals surface area contributed by atoms with E-state index in [2.05, 4.69) is 54.7 Å². The Morgan fingerprint density at radius 2 is 1.37 bits per heavy atom. The van der Waals surface area contributed by atoms with Crippen molar-refractivity contribution in [1.82, 2.24) is 10.2 Å². The summed E-state index contributed by atoms with van der Waals surface area (Å²) < 4.78 is 0. The lowest BCUT2D eigenvalue weighted by Gasteiger charge is -2.35. The SMILES string of the molecule is C=C[C@@H]1CN(C)CCC1Cc1ccc(Cl)c(Cl)c1.C=C[C@@H]1CNCCC1Cc1ccc(Cl)c(Cl)c1. The number of likely N-dealkylation sites (tertiary alicyclic amines) is 1. The number of halogens is 4. The van der Waals surface area contributed by atoms with Crippen molar-refractivity contribution in [2.45, 2.75) is 25.7 Å². The molecular formula is C29H36Cl4N2. The van der Waals surface area contributed by atoms with Gasteiger partial charge in [0.25, 0.3) is 0 Å². The van der Waals surface area contributed by atoms with Gasteiger partial charge in [-0.1, -0.05) is 70.7 Å². The third-order valence-electron chi connectivity index (χ3n) is 7.26. The molecule has 2 aromatic rings. The smallest absolute Gasteiger partial charge is 0.0595 e. The van der Waals surface area contributed by atoms with Crippen LogP contribution in [0.3, 0.4) is 0 Å². The average molecular weight is 554 g/mol. The van der Waals surface area contributed by atoms with Gasteiger partial charge in [0.05, 0.1) is 20.1 Å². The van der Waals surface area contributed by atoms with Crippen molar-refractivity contribution in [3.63, 3.8) is 0 Å². The number of benzene rings is 2. The molecule has 0 amide bonds. The van der Waals surface area contributed by atoms with Crippen LogP contribution in [0.4, 0.5) is 0 Å². The van der Waals surface area contributed by atoms with Gasteiger partial charge in [-0.15, -0.1) is 13.2 Å². The van der Waals surface area contributed by atoms with Crippen molar-refractivity contribution in [3.8, 4) is 0 Å². The molecule has 2 heterocycles. The van der Waals surface area contributed by atoms with Gasteiger partial charge in [0.15, 0.2) is 0 Å². The van der Waals surface area contributed by atoms with Gasteiger partial charge in [0, 0.05) is 13.1 Å². The van der Waals surface area contributed by atoms with Crippen molar-refractivity contribution < 1.29 is 0 Å². The van der Waals surface area contributed by atoms with Crippen LogP contribution in [0.25, 0.3) is 0 Å². The Morgan fingerprint density at radius 3 is 1.89 bits per heavy atom. The molecule has 2 fully saturated rings. The number of rotatable bonds is 6. The van der Waals surface area contributed by atoms with Crippen LogP contribution in [-0.2, 0) is 12.8 Å². The molecule has 0 saturated carbocycles. The maximum absolute atomic E-state index is 6.06. The zero-order valence-corrected chi connectivity index (χ0v) is 23.5. The van der Waals surface area contributed by atoms with Crippen LogP contribution < -0.4 is 5.32 Å². The Hall–Kier alpha value is -1.000. The van der Waals surface area contributed by atoms with Crippen molar-refractivity contribution in [2.75, 3.05) is 33.2 Å². The third kappa shape index (κ3) is 8.52. The Balaban J connectivity index is 0.000000196. The molecule has 190 valence electrons. The molecule has 2 unspecified atom stereocenters. The minimum absolute atomic E-state index is 0.554. The second kappa shape index (κ2) is 14.1. The molecule has 35 heavy (non-hydrogen) atoms. The third-order valence-corrected chi connectivity index (χ3v) is 8.73. The van der Waals surface area contributed by atoms with E-state index >= 15 is 0 Å². The van der Waals surface area contributed by atoms with Gasteiger partial charge in [0.1, 0.15) is 0 Å². The van der Waals surface area contributed by atoms with Gasteiger partial charge in [0.2, 0.25) is 0 Å². The first-order valence-electron chi connectivity index (χ1n) is 12.3. The second-order valence-electron chi connectivity index (χ2n) is 9.77. The lowest BCUT2D eigenvalue weighted by Crippen LogP contribution is -2.37. The number of hydrogen-bond donors (Lipinski definition) is 1. The molecule has 0 aliphatic carbocycles. The topological polar surface area (TPSA) is 15.3 Å². The predicted molar refractivity (Wildman–Crippen MR) is 154 cm³/mol. The van der Waals surface area contributed by atoms with Crippen LogP contribution >= 0.6 is 46.4 Å². The molecule has 0 radical (unpaired) electrons. The van der Waals surface area contributed by atoms with Gasteiger partial charge in [-0.25, -0.2) is 0 Å². The predicted octanol–water partition coefficient (Wildman–Crippen LogP) is 8.24. The van der Waals surface area contributed by atoms with Crippen LogP contribution in [-0.4, -0.2) is 38.1 Å². The van der Waals surface area contributed by atoms with E-state index in [0.29, 0.717) is 43.8 Å². The largest absolute Gasteiger partial charge is 0.316 e. The summed E-state index contributed by atoms with van der Waals surface area (Å²) in [4.78, 5) is 2.37. The van der Waals surface area contributed by atoms with E-state index in [1.165, 1.54) is 24.0 Å². The highest BCUT2D eigenvalue weighted by Gasteiger charge is 2.25. The van der Waals surface area contributed by atoms with Crippen LogP contribution in [0.2, 0.25) is 20.1 Å². The fourth-order valence-electron chi connectivity index (χ4n) is 5.13. The van der Waals surface area contributed by atoms with E-state index in [4.69, 9.17) is 46.4 Å². The molecular weight excluding hydrogens is 518 g/mol. The zero-order valence-electron chi connectivity index (χ0n) is 20.5. The first kappa shape index (κ1) is 28.6. The Bertz CT molecular complexity index is 993. The zero-order chi connectivity index (χ0) is 25.4. The van der Waals surface area contributed by atoms with E-state index < -0.39 is 0 Å². The van der Waals surface area contributed by atoms with E-state index in [-0.39, 0.29) is 0 Å². The van der Waals surface area contributed by atoms with E-state index in [1.807, 2.05) is 24.3 Å². The summed E-state index contributed by atoms with van der Waals surface area (Å²) in [5.41, 5.74) is 2.53. The highest BCUT2D eigenvalue weighted by Crippen LogP contribution is 2.30.